The molecular formula is C17H20F3N3. The number of hydrogen-bond donors (Lipinski definition) is 1. The van der Waals surface area contributed by atoms with Crippen molar-refractivity contribution in [3.63, 3.8) is 0 Å². The van der Waals surface area contributed by atoms with Gasteiger partial charge in [-0.1, -0.05) is 6.07 Å². The van der Waals surface area contributed by atoms with E-state index in [1.165, 1.54) is 32.0 Å². The molecule has 2 heterocycles. The van der Waals surface area contributed by atoms with E-state index in [1.54, 1.807) is 6.20 Å². The van der Waals surface area contributed by atoms with Crippen molar-refractivity contribution in [2.45, 2.75) is 25.4 Å². The van der Waals surface area contributed by atoms with Gasteiger partial charge in [-0.15, -0.1) is 0 Å². The van der Waals surface area contributed by atoms with Gasteiger partial charge in [0.15, 0.2) is 0 Å². The molecule has 0 saturated carbocycles. The third kappa shape index (κ3) is 3.93. The van der Waals surface area contributed by atoms with Crippen LogP contribution in [0, 0.1) is 0 Å². The number of fused-ring (bicyclic) bond motifs is 1. The van der Waals surface area contributed by atoms with Crippen LogP contribution in [-0.4, -0.2) is 36.1 Å². The first-order valence-corrected chi connectivity index (χ1v) is 7.96. The number of likely N-dealkylation sites (tertiary alicyclic amines) is 1. The molecule has 1 aromatic heterocycles. The van der Waals surface area contributed by atoms with Crippen LogP contribution in [0.3, 0.4) is 0 Å². The number of alkyl halides is 3. The highest BCUT2D eigenvalue weighted by Gasteiger charge is 2.30. The zero-order valence-electron chi connectivity index (χ0n) is 12.9. The molecule has 3 rings (SSSR count). The Balaban J connectivity index is 1.66. The standard InChI is InChI=1S/C17H20F3N3/c18-17(19,20)13-4-5-14-15(6-8-22-16(14)12-13)21-7-3-11-23-9-1-2-10-23/h4-6,8,12H,1-3,7,9-11H2,(H,21,22). The summed E-state index contributed by atoms with van der Waals surface area (Å²) >= 11 is 0. The second-order valence-corrected chi connectivity index (χ2v) is 5.92. The van der Waals surface area contributed by atoms with E-state index in [4.69, 9.17) is 0 Å². The molecule has 0 atom stereocenters. The van der Waals surface area contributed by atoms with Gasteiger partial charge < -0.3 is 10.2 Å². The lowest BCUT2D eigenvalue weighted by atomic mass is 10.1. The van der Waals surface area contributed by atoms with E-state index in [0.29, 0.717) is 5.52 Å². The minimum atomic E-state index is -4.34. The van der Waals surface area contributed by atoms with Crippen LogP contribution in [0.5, 0.6) is 0 Å². The lowest BCUT2D eigenvalue weighted by Crippen LogP contribution is -2.22. The second-order valence-electron chi connectivity index (χ2n) is 5.92. The summed E-state index contributed by atoms with van der Waals surface area (Å²) < 4.78 is 38.3. The van der Waals surface area contributed by atoms with Crippen LogP contribution in [0.2, 0.25) is 0 Å². The first-order chi connectivity index (χ1) is 11.0. The Bertz CT molecular complexity index is 664. The van der Waals surface area contributed by atoms with E-state index in [-0.39, 0.29) is 0 Å². The summed E-state index contributed by atoms with van der Waals surface area (Å²) in [4.78, 5) is 6.51. The number of pyridine rings is 1. The third-order valence-electron chi connectivity index (χ3n) is 4.24. The summed E-state index contributed by atoms with van der Waals surface area (Å²) in [7, 11) is 0. The van der Waals surface area contributed by atoms with E-state index in [2.05, 4.69) is 15.2 Å². The van der Waals surface area contributed by atoms with E-state index in [9.17, 15) is 13.2 Å². The van der Waals surface area contributed by atoms with Crippen molar-refractivity contribution in [1.82, 2.24) is 9.88 Å². The number of nitrogens with one attached hydrogen (secondary N) is 1. The van der Waals surface area contributed by atoms with Crippen molar-refractivity contribution in [3.05, 3.63) is 36.0 Å². The Morgan fingerprint density at radius 2 is 1.91 bits per heavy atom. The van der Waals surface area contributed by atoms with Crippen molar-refractivity contribution in [2.24, 2.45) is 0 Å². The maximum atomic E-state index is 12.8. The van der Waals surface area contributed by atoms with Gasteiger partial charge in [-0.2, -0.15) is 13.2 Å². The van der Waals surface area contributed by atoms with Crippen molar-refractivity contribution >= 4 is 16.6 Å². The van der Waals surface area contributed by atoms with Crippen LogP contribution in [-0.2, 0) is 6.18 Å². The lowest BCUT2D eigenvalue weighted by Gasteiger charge is -2.15. The summed E-state index contributed by atoms with van der Waals surface area (Å²) in [6.45, 7) is 4.22. The molecule has 1 aromatic carbocycles. The van der Waals surface area contributed by atoms with Crippen molar-refractivity contribution in [1.29, 1.82) is 0 Å². The molecule has 6 heteroatoms. The highest BCUT2D eigenvalue weighted by Crippen LogP contribution is 2.32. The Labute approximate surface area is 133 Å². The number of halogens is 3. The number of rotatable bonds is 5. The minimum Gasteiger partial charge on any atom is -0.384 e. The summed E-state index contributed by atoms with van der Waals surface area (Å²) in [5.74, 6) is 0. The largest absolute Gasteiger partial charge is 0.416 e. The Morgan fingerprint density at radius 1 is 1.13 bits per heavy atom. The number of anilines is 1. The average molecular weight is 323 g/mol. The molecule has 124 valence electrons. The first-order valence-electron chi connectivity index (χ1n) is 7.96. The molecule has 0 bridgehead atoms. The molecule has 0 spiro atoms. The fourth-order valence-corrected chi connectivity index (χ4v) is 3.01. The molecule has 1 saturated heterocycles. The monoisotopic (exact) mass is 323 g/mol. The predicted molar refractivity (Wildman–Crippen MR) is 85.5 cm³/mol. The van der Waals surface area contributed by atoms with Gasteiger partial charge in [-0.25, -0.2) is 0 Å². The third-order valence-corrected chi connectivity index (χ3v) is 4.24. The molecule has 2 aromatic rings. The van der Waals surface area contributed by atoms with Crippen LogP contribution < -0.4 is 5.32 Å². The highest BCUT2D eigenvalue weighted by molar-refractivity contribution is 5.91. The number of hydrogen-bond acceptors (Lipinski definition) is 3. The van der Waals surface area contributed by atoms with Crippen molar-refractivity contribution < 1.29 is 13.2 Å². The first kappa shape index (κ1) is 16.1. The highest BCUT2D eigenvalue weighted by atomic mass is 19.4. The van der Waals surface area contributed by atoms with Crippen molar-refractivity contribution in [2.75, 3.05) is 31.5 Å². The molecule has 1 fully saturated rings. The molecular weight excluding hydrogens is 303 g/mol. The SMILES string of the molecule is FC(F)(F)c1ccc2c(NCCCN3CCCC3)ccnc2c1. The molecule has 0 amide bonds. The predicted octanol–water partition coefficient (Wildman–Crippen LogP) is 4.15. The van der Waals surface area contributed by atoms with E-state index < -0.39 is 11.7 Å². The quantitative estimate of drug-likeness (QED) is 0.838. The zero-order valence-corrected chi connectivity index (χ0v) is 12.9. The van der Waals surface area contributed by atoms with Gasteiger partial charge in [0.25, 0.3) is 0 Å². The molecule has 1 N–H and O–H groups in total. The topological polar surface area (TPSA) is 28.2 Å². The zero-order chi connectivity index (χ0) is 16.3. The fourth-order valence-electron chi connectivity index (χ4n) is 3.01. The number of benzene rings is 1. The van der Waals surface area contributed by atoms with Gasteiger partial charge in [0.2, 0.25) is 0 Å². The fraction of sp³-hybridized carbons (Fsp3) is 0.471. The summed E-state index contributed by atoms with van der Waals surface area (Å²) in [5, 5.41) is 4.05. The van der Waals surface area contributed by atoms with E-state index in [0.717, 1.165) is 42.7 Å². The van der Waals surface area contributed by atoms with Gasteiger partial charge in [0.1, 0.15) is 0 Å². The Hall–Kier alpha value is -1.82. The summed E-state index contributed by atoms with van der Waals surface area (Å²) in [5.41, 5.74) is 0.540. The summed E-state index contributed by atoms with van der Waals surface area (Å²) in [6.07, 6.45) is 0.790. The molecule has 1 aliphatic heterocycles. The lowest BCUT2D eigenvalue weighted by molar-refractivity contribution is -0.137. The second kappa shape index (κ2) is 6.74. The molecule has 23 heavy (non-hydrogen) atoms. The van der Waals surface area contributed by atoms with Gasteiger partial charge in [0.05, 0.1) is 11.1 Å². The molecule has 0 radical (unpaired) electrons. The van der Waals surface area contributed by atoms with Crippen LogP contribution in [0.25, 0.3) is 10.9 Å². The molecule has 3 nitrogen and oxygen atoms in total. The summed E-state index contributed by atoms with van der Waals surface area (Å²) in [6, 6.07) is 5.52. The molecule has 0 unspecified atom stereocenters. The van der Waals surface area contributed by atoms with Gasteiger partial charge in [-0.3, -0.25) is 4.98 Å². The van der Waals surface area contributed by atoms with Gasteiger partial charge in [0, 0.05) is 23.8 Å². The molecule has 1 aliphatic rings. The minimum absolute atomic E-state index is 0.365. The average Bonchev–Trinajstić information content (AvgIpc) is 3.03. The van der Waals surface area contributed by atoms with Crippen LogP contribution >= 0.6 is 0 Å². The number of nitrogens with zero attached hydrogens (tertiary/aromatic N) is 2. The van der Waals surface area contributed by atoms with Gasteiger partial charge in [-0.05, 0) is 57.1 Å². The van der Waals surface area contributed by atoms with E-state index in [1.807, 2.05) is 6.07 Å². The molecule has 0 aliphatic carbocycles. The Kier molecular flexibility index (Phi) is 4.71. The van der Waals surface area contributed by atoms with Gasteiger partial charge >= 0.3 is 6.18 Å². The van der Waals surface area contributed by atoms with Crippen LogP contribution in [0.1, 0.15) is 24.8 Å². The number of aromatic nitrogens is 1. The van der Waals surface area contributed by atoms with Crippen LogP contribution in [0.15, 0.2) is 30.5 Å². The smallest absolute Gasteiger partial charge is 0.384 e. The normalized spacial score (nSPS) is 16.1. The Morgan fingerprint density at radius 3 is 2.65 bits per heavy atom. The van der Waals surface area contributed by atoms with Crippen molar-refractivity contribution in [3.8, 4) is 0 Å². The van der Waals surface area contributed by atoms with Crippen LogP contribution in [0.4, 0.5) is 18.9 Å². The van der Waals surface area contributed by atoms with E-state index >= 15 is 0 Å². The maximum Gasteiger partial charge on any atom is 0.416 e. The maximum absolute atomic E-state index is 12.8.